The van der Waals surface area contributed by atoms with Gasteiger partial charge in [-0.1, -0.05) is 0 Å². The number of ether oxygens (including phenoxy) is 1. The molecular weight excluding hydrogens is 274 g/mol. The highest BCUT2D eigenvalue weighted by Crippen LogP contribution is 2.28. The third kappa shape index (κ3) is 3.81. The van der Waals surface area contributed by atoms with Gasteiger partial charge in [-0.15, -0.1) is 0 Å². The number of nitrogens with one attached hydrogen (secondary N) is 1. The van der Waals surface area contributed by atoms with E-state index in [0.717, 1.165) is 11.3 Å². The number of aromatic amines is 1. The maximum absolute atomic E-state index is 11.4. The highest BCUT2D eigenvalue weighted by Gasteiger charge is 2.37. The number of carboxylic acid groups (broad SMARTS) is 1. The van der Waals surface area contributed by atoms with Crippen LogP contribution >= 0.6 is 0 Å². The van der Waals surface area contributed by atoms with Crippen molar-refractivity contribution in [1.29, 1.82) is 0 Å². The van der Waals surface area contributed by atoms with Crippen LogP contribution in [0.1, 0.15) is 30.5 Å². The molecule has 0 aromatic carbocycles. The van der Waals surface area contributed by atoms with Gasteiger partial charge >= 0.3 is 11.9 Å². The number of aromatic nitrogens is 2. The monoisotopic (exact) mass is 295 g/mol. The number of likely N-dealkylation sites (tertiary alicyclic amines) is 1. The van der Waals surface area contributed by atoms with Gasteiger partial charge in [-0.3, -0.25) is 19.6 Å². The molecule has 0 saturated carbocycles. The largest absolute Gasteiger partial charge is 0.480 e. The van der Waals surface area contributed by atoms with Gasteiger partial charge < -0.3 is 9.84 Å². The van der Waals surface area contributed by atoms with Crippen LogP contribution in [0.25, 0.3) is 0 Å². The van der Waals surface area contributed by atoms with Crippen LogP contribution in [0.15, 0.2) is 6.20 Å². The molecule has 7 nitrogen and oxygen atoms in total. The number of carbonyl (C=O) groups is 2. The topological polar surface area (TPSA) is 95.5 Å². The number of carboxylic acids is 1. The minimum absolute atomic E-state index is 0.202. The minimum Gasteiger partial charge on any atom is -0.480 e. The standard InChI is InChI=1S/C14H21N3O4/c1-9-6-15-16-11(9)8-17-7-10(3-4-13(18)21-2)5-12(17)14(19)20/h6,10,12H,3-5,7-8H2,1-2H3,(H,15,16)(H,19,20)/t10-,12-/m1/s1. The molecule has 0 unspecified atom stereocenters. The molecule has 2 heterocycles. The molecule has 0 radical (unpaired) electrons. The van der Waals surface area contributed by atoms with E-state index >= 15 is 0 Å². The number of H-pyrrole nitrogens is 1. The van der Waals surface area contributed by atoms with Crippen LogP contribution in [-0.2, 0) is 20.9 Å². The summed E-state index contributed by atoms with van der Waals surface area (Å²) < 4.78 is 4.63. The van der Waals surface area contributed by atoms with Gasteiger partial charge in [0.2, 0.25) is 0 Å². The number of nitrogens with zero attached hydrogens (tertiary/aromatic N) is 2. The zero-order valence-corrected chi connectivity index (χ0v) is 12.3. The lowest BCUT2D eigenvalue weighted by Gasteiger charge is -2.20. The van der Waals surface area contributed by atoms with Gasteiger partial charge in [-0.25, -0.2) is 0 Å². The Kier molecular flexibility index (Phi) is 4.95. The molecule has 2 rings (SSSR count). The zero-order chi connectivity index (χ0) is 15.4. The number of methoxy groups -OCH3 is 1. The number of aryl methyl sites for hydroxylation is 1. The fraction of sp³-hybridized carbons (Fsp3) is 0.643. The molecule has 1 aromatic rings. The minimum atomic E-state index is -0.812. The Balaban J connectivity index is 1.97. The lowest BCUT2D eigenvalue weighted by Crippen LogP contribution is -2.35. The molecule has 1 aliphatic heterocycles. The van der Waals surface area contributed by atoms with Crippen molar-refractivity contribution < 1.29 is 19.4 Å². The van der Waals surface area contributed by atoms with Gasteiger partial charge in [0.15, 0.2) is 0 Å². The Bertz CT molecular complexity index is 514. The van der Waals surface area contributed by atoms with E-state index < -0.39 is 12.0 Å². The number of aliphatic carboxylic acids is 1. The molecule has 0 spiro atoms. The van der Waals surface area contributed by atoms with Crippen molar-refractivity contribution in [3.8, 4) is 0 Å². The Morgan fingerprint density at radius 3 is 2.90 bits per heavy atom. The third-order valence-corrected chi connectivity index (χ3v) is 4.05. The summed E-state index contributed by atoms with van der Waals surface area (Å²) >= 11 is 0. The summed E-state index contributed by atoms with van der Waals surface area (Å²) in [6.45, 7) is 3.16. The zero-order valence-electron chi connectivity index (χ0n) is 12.3. The quantitative estimate of drug-likeness (QED) is 0.759. The van der Waals surface area contributed by atoms with Crippen LogP contribution in [-0.4, -0.2) is 51.8 Å². The van der Waals surface area contributed by atoms with E-state index in [4.69, 9.17) is 0 Å². The van der Waals surface area contributed by atoms with Gasteiger partial charge in [0.25, 0.3) is 0 Å². The number of hydrogen-bond acceptors (Lipinski definition) is 5. The molecule has 2 atom stereocenters. The highest BCUT2D eigenvalue weighted by atomic mass is 16.5. The van der Waals surface area contributed by atoms with Crippen molar-refractivity contribution in [3.05, 3.63) is 17.5 Å². The molecule has 116 valence electrons. The lowest BCUT2D eigenvalue weighted by atomic mass is 10.00. The van der Waals surface area contributed by atoms with Crippen LogP contribution in [0.2, 0.25) is 0 Å². The number of hydrogen-bond donors (Lipinski definition) is 2. The molecule has 0 bridgehead atoms. The van der Waals surface area contributed by atoms with E-state index in [9.17, 15) is 14.7 Å². The Morgan fingerprint density at radius 2 is 2.33 bits per heavy atom. The van der Waals surface area contributed by atoms with Gasteiger partial charge in [-0.2, -0.15) is 5.10 Å². The van der Waals surface area contributed by atoms with Crippen molar-refractivity contribution in [3.63, 3.8) is 0 Å². The first-order chi connectivity index (χ1) is 10.0. The van der Waals surface area contributed by atoms with Crippen LogP contribution < -0.4 is 0 Å². The lowest BCUT2D eigenvalue weighted by molar-refractivity contribution is -0.142. The van der Waals surface area contributed by atoms with E-state index in [1.807, 2.05) is 11.8 Å². The first-order valence-corrected chi connectivity index (χ1v) is 7.03. The SMILES string of the molecule is COC(=O)CC[C@@H]1C[C@H](C(=O)O)N(Cc2[nH]ncc2C)C1. The molecule has 1 fully saturated rings. The first kappa shape index (κ1) is 15.5. The van der Waals surface area contributed by atoms with Crippen LogP contribution in [0.3, 0.4) is 0 Å². The van der Waals surface area contributed by atoms with Crippen molar-refractivity contribution in [2.45, 2.75) is 38.8 Å². The summed E-state index contributed by atoms with van der Waals surface area (Å²) in [6, 6.07) is -0.504. The first-order valence-electron chi connectivity index (χ1n) is 7.03. The molecule has 1 aliphatic rings. The summed E-state index contributed by atoms with van der Waals surface area (Å²) in [6.07, 6.45) is 3.30. The molecule has 7 heteroatoms. The van der Waals surface area contributed by atoms with Crippen molar-refractivity contribution in [2.75, 3.05) is 13.7 Å². The van der Waals surface area contributed by atoms with Gasteiger partial charge in [0.1, 0.15) is 6.04 Å². The average molecular weight is 295 g/mol. The summed E-state index contributed by atoms with van der Waals surface area (Å²) in [7, 11) is 1.37. The van der Waals surface area contributed by atoms with E-state index in [1.165, 1.54) is 7.11 Å². The summed E-state index contributed by atoms with van der Waals surface area (Å²) in [5, 5.41) is 16.2. The summed E-state index contributed by atoms with van der Waals surface area (Å²) in [4.78, 5) is 24.5. The summed E-state index contributed by atoms with van der Waals surface area (Å²) in [5.74, 6) is -0.856. The highest BCUT2D eigenvalue weighted by molar-refractivity contribution is 5.74. The van der Waals surface area contributed by atoms with Crippen molar-refractivity contribution in [1.82, 2.24) is 15.1 Å². The van der Waals surface area contributed by atoms with Crippen molar-refractivity contribution in [2.24, 2.45) is 5.92 Å². The molecule has 0 aliphatic carbocycles. The second kappa shape index (κ2) is 6.71. The number of esters is 1. The Morgan fingerprint density at radius 1 is 1.57 bits per heavy atom. The predicted molar refractivity (Wildman–Crippen MR) is 74.5 cm³/mol. The normalized spacial score (nSPS) is 22.4. The molecule has 21 heavy (non-hydrogen) atoms. The number of rotatable bonds is 6. The molecular formula is C14H21N3O4. The molecule has 0 amide bonds. The van der Waals surface area contributed by atoms with Gasteiger partial charge in [-0.05, 0) is 31.2 Å². The Hall–Kier alpha value is -1.89. The average Bonchev–Trinajstić information content (AvgIpc) is 3.04. The van der Waals surface area contributed by atoms with E-state index in [0.29, 0.717) is 32.4 Å². The molecule has 1 saturated heterocycles. The molecule has 2 N–H and O–H groups in total. The van der Waals surface area contributed by atoms with Gasteiger partial charge in [0, 0.05) is 19.5 Å². The fourth-order valence-corrected chi connectivity index (χ4v) is 2.80. The van der Waals surface area contributed by atoms with Crippen LogP contribution in [0, 0.1) is 12.8 Å². The maximum atomic E-state index is 11.4. The van der Waals surface area contributed by atoms with Gasteiger partial charge in [0.05, 0.1) is 19.0 Å². The molecule has 1 aromatic heterocycles. The fourth-order valence-electron chi connectivity index (χ4n) is 2.80. The third-order valence-electron chi connectivity index (χ3n) is 4.05. The second-order valence-corrected chi connectivity index (χ2v) is 5.53. The summed E-state index contributed by atoms with van der Waals surface area (Å²) in [5.41, 5.74) is 1.96. The smallest absolute Gasteiger partial charge is 0.320 e. The van der Waals surface area contributed by atoms with Crippen LogP contribution in [0.4, 0.5) is 0 Å². The van der Waals surface area contributed by atoms with Crippen molar-refractivity contribution >= 4 is 11.9 Å². The maximum Gasteiger partial charge on any atom is 0.320 e. The van der Waals surface area contributed by atoms with Crippen LogP contribution in [0.5, 0.6) is 0 Å². The van der Waals surface area contributed by atoms with E-state index in [2.05, 4.69) is 14.9 Å². The van der Waals surface area contributed by atoms with E-state index in [-0.39, 0.29) is 11.9 Å². The van der Waals surface area contributed by atoms with E-state index in [1.54, 1.807) is 6.20 Å². The Labute approximate surface area is 123 Å². The number of carbonyl (C=O) groups excluding carboxylic acids is 1. The predicted octanol–water partition coefficient (Wildman–Crippen LogP) is 0.946. The second-order valence-electron chi connectivity index (χ2n) is 5.53.